The molecule has 1 amide bonds. The lowest BCUT2D eigenvalue weighted by molar-refractivity contribution is 0.0719. The molecule has 4 aromatic rings. The van der Waals surface area contributed by atoms with E-state index in [2.05, 4.69) is 46.4 Å². The number of hydrogen-bond acceptors (Lipinski definition) is 6. The summed E-state index contributed by atoms with van der Waals surface area (Å²) in [6.45, 7) is 3.71. The minimum Gasteiger partial charge on any atom is -0.337 e. The lowest BCUT2D eigenvalue weighted by Gasteiger charge is -2.25. The molecule has 0 N–H and O–H groups in total. The van der Waals surface area contributed by atoms with Gasteiger partial charge in [0.05, 0.1) is 10.8 Å². The van der Waals surface area contributed by atoms with Crippen LogP contribution in [0.25, 0.3) is 17.1 Å². The summed E-state index contributed by atoms with van der Waals surface area (Å²) < 4.78 is 2.03. The number of piperidine rings is 1. The maximum absolute atomic E-state index is 12.8. The lowest BCUT2D eigenvalue weighted by Crippen LogP contribution is -2.35. The Bertz CT molecular complexity index is 1290. The van der Waals surface area contributed by atoms with E-state index in [4.69, 9.17) is 11.6 Å². The summed E-state index contributed by atoms with van der Waals surface area (Å²) in [5.41, 5.74) is 3.51. The number of likely N-dealkylation sites (tertiary alicyclic amines) is 1. The van der Waals surface area contributed by atoms with E-state index in [1.54, 1.807) is 11.8 Å². The Labute approximate surface area is 212 Å². The van der Waals surface area contributed by atoms with Gasteiger partial charge in [0.15, 0.2) is 11.0 Å². The van der Waals surface area contributed by atoms with E-state index in [9.17, 15) is 4.79 Å². The number of aromatic nitrogens is 4. The quantitative estimate of drug-likeness (QED) is 0.286. The molecule has 1 fully saturated rings. The Morgan fingerprint density at radius 2 is 1.82 bits per heavy atom. The van der Waals surface area contributed by atoms with Crippen molar-refractivity contribution in [2.24, 2.45) is 0 Å². The van der Waals surface area contributed by atoms with E-state index >= 15 is 0 Å². The molecule has 6 nitrogen and oxygen atoms in total. The number of hydrogen-bond donors (Lipinski definition) is 0. The van der Waals surface area contributed by atoms with E-state index in [0.717, 1.165) is 47.3 Å². The maximum Gasteiger partial charge on any atom is 0.273 e. The molecular weight excluding hydrogens is 486 g/mol. The summed E-state index contributed by atoms with van der Waals surface area (Å²) >= 11 is 9.55. The average Bonchev–Trinajstić information content (AvgIpc) is 3.51. The average molecular weight is 510 g/mol. The van der Waals surface area contributed by atoms with Gasteiger partial charge in [0, 0.05) is 29.7 Å². The molecule has 0 bridgehead atoms. The second kappa shape index (κ2) is 10.3. The van der Waals surface area contributed by atoms with Gasteiger partial charge in [-0.1, -0.05) is 53.2 Å². The zero-order valence-electron chi connectivity index (χ0n) is 18.8. The van der Waals surface area contributed by atoms with Crippen molar-refractivity contribution in [1.82, 2.24) is 24.6 Å². The van der Waals surface area contributed by atoms with Crippen molar-refractivity contribution in [3.63, 3.8) is 0 Å². The van der Waals surface area contributed by atoms with E-state index < -0.39 is 0 Å². The van der Waals surface area contributed by atoms with E-state index in [1.165, 1.54) is 23.3 Å². The van der Waals surface area contributed by atoms with Crippen LogP contribution < -0.4 is 0 Å². The minimum atomic E-state index is 0.0380. The first-order valence-corrected chi connectivity index (χ1v) is 13.5. The zero-order valence-corrected chi connectivity index (χ0v) is 21.2. The molecule has 2 aromatic heterocycles. The molecule has 9 heteroatoms. The number of halogens is 1. The van der Waals surface area contributed by atoms with Gasteiger partial charge in [-0.3, -0.25) is 9.36 Å². The Morgan fingerprint density at radius 1 is 1.06 bits per heavy atom. The zero-order chi connectivity index (χ0) is 23.5. The smallest absolute Gasteiger partial charge is 0.273 e. The molecular formula is C25H24ClN5OS2. The van der Waals surface area contributed by atoms with Crippen molar-refractivity contribution in [2.45, 2.75) is 37.1 Å². The number of benzene rings is 2. The molecule has 34 heavy (non-hydrogen) atoms. The Balaban J connectivity index is 1.40. The first-order chi connectivity index (χ1) is 16.6. The molecule has 0 spiro atoms. The van der Waals surface area contributed by atoms with Gasteiger partial charge < -0.3 is 4.90 Å². The predicted octanol–water partition coefficient (Wildman–Crippen LogP) is 6.27. The highest BCUT2D eigenvalue weighted by Gasteiger charge is 2.22. The molecule has 1 saturated heterocycles. The number of thiazole rings is 1. The van der Waals surface area contributed by atoms with Gasteiger partial charge in [0.25, 0.3) is 5.91 Å². The van der Waals surface area contributed by atoms with Gasteiger partial charge in [-0.2, -0.15) is 0 Å². The lowest BCUT2D eigenvalue weighted by atomic mass is 10.1. The van der Waals surface area contributed by atoms with Crippen molar-refractivity contribution in [3.05, 3.63) is 75.2 Å². The second-order valence-corrected chi connectivity index (χ2v) is 10.5. The molecule has 3 heterocycles. The van der Waals surface area contributed by atoms with Crippen LogP contribution in [0.4, 0.5) is 0 Å². The summed E-state index contributed by atoms with van der Waals surface area (Å²) in [5, 5.41) is 13.1. The molecule has 0 radical (unpaired) electrons. The van der Waals surface area contributed by atoms with Crippen molar-refractivity contribution < 1.29 is 4.79 Å². The number of aryl methyl sites for hydroxylation is 1. The fourth-order valence-corrected chi connectivity index (χ4v) is 5.93. The first kappa shape index (κ1) is 23.1. The third-order valence-corrected chi connectivity index (χ3v) is 8.08. The highest BCUT2D eigenvalue weighted by molar-refractivity contribution is 7.98. The van der Waals surface area contributed by atoms with Crippen molar-refractivity contribution in [1.29, 1.82) is 0 Å². The molecule has 5 rings (SSSR count). The van der Waals surface area contributed by atoms with Crippen LogP contribution in [0.15, 0.2) is 59.1 Å². The SMILES string of the molecule is Cc1ccc(-n2c(SCc3nc(C(=O)N4CCCCC4)cs3)nnc2-c2ccccc2Cl)cc1. The van der Waals surface area contributed by atoms with Crippen molar-refractivity contribution in [2.75, 3.05) is 13.1 Å². The van der Waals surface area contributed by atoms with Crippen LogP contribution in [0.5, 0.6) is 0 Å². The molecule has 1 aliphatic heterocycles. The highest BCUT2D eigenvalue weighted by Crippen LogP contribution is 2.33. The summed E-state index contributed by atoms with van der Waals surface area (Å²) in [6.07, 6.45) is 3.34. The summed E-state index contributed by atoms with van der Waals surface area (Å²) in [6, 6.07) is 15.9. The third kappa shape index (κ3) is 4.89. The summed E-state index contributed by atoms with van der Waals surface area (Å²) in [7, 11) is 0. The topological polar surface area (TPSA) is 63.9 Å². The van der Waals surface area contributed by atoms with Crippen LogP contribution in [0.1, 0.15) is 40.3 Å². The van der Waals surface area contributed by atoms with Crippen LogP contribution in [-0.2, 0) is 5.75 Å². The maximum atomic E-state index is 12.8. The van der Waals surface area contributed by atoms with Crippen molar-refractivity contribution >= 4 is 40.6 Å². The molecule has 0 saturated carbocycles. The monoisotopic (exact) mass is 509 g/mol. The number of amides is 1. The van der Waals surface area contributed by atoms with Crippen molar-refractivity contribution in [3.8, 4) is 17.1 Å². The fourth-order valence-electron chi connectivity index (χ4n) is 3.97. The van der Waals surface area contributed by atoms with Gasteiger partial charge in [0.2, 0.25) is 0 Å². The fraction of sp³-hybridized carbons (Fsp3) is 0.280. The van der Waals surface area contributed by atoms with Crippen LogP contribution in [0, 0.1) is 6.92 Å². The van der Waals surface area contributed by atoms with Gasteiger partial charge in [-0.25, -0.2) is 4.98 Å². The molecule has 1 aliphatic rings. The van der Waals surface area contributed by atoms with E-state index in [-0.39, 0.29) is 5.91 Å². The molecule has 2 aromatic carbocycles. The standard InChI is InChI=1S/C25H24ClN5OS2/c1-17-9-11-18(12-10-17)31-23(19-7-3-4-8-20(19)26)28-29-25(31)34-16-22-27-21(15-33-22)24(32)30-13-5-2-6-14-30/h3-4,7-12,15H,2,5-6,13-14,16H2,1H3. The van der Waals surface area contributed by atoms with Gasteiger partial charge in [0.1, 0.15) is 10.7 Å². The van der Waals surface area contributed by atoms with Gasteiger partial charge >= 0.3 is 0 Å². The molecule has 0 unspecified atom stereocenters. The molecule has 0 aliphatic carbocycles. The van der Waals surface area contributed by atoms with Crippen LogP contribution in [-0.4, -0.2) is 43.6 Å². The van der Waals surface area contributed by atoms with Gasteiger partial charge in [-0.15, -0.1) is 21.5 Å². The third-order valence-electron chi connectivity index (χ3n) is 5.78. The summed E-state index contributed by atoms with van der Waals surface area (Å²) in [5.74, 6) is 1.33. The number of carbonyl (C=O) groups is 1. The predicted molar refractivity (Wildman–Crippen MR) is 138 cm³/mol. The van der Waals surface area contributed by atoms with Crippen LogP contribution in [0.3, 0.4) is 0 Å². The second-order valence-electron chi connectivity index (χ2n) is 8.23. The molecule has 0 atom stereocenters. The van der Waals surface area contributed by atoms with E-state index in [1.807, 2.05) is 39.1 Å². The Hall–Kier alpha value is -2.68. The largest absolute Gasteiger partial charge is 0.337 e. The normalized spacial score (nSPS) is 13.9. The molecule has 174 valence electrons. The van der Waals surface area contributed by atoms with Crippen LogP contribution >= 0.6 is 34.7 Å². The van der Waals surface area contributed by atoms with Crippen LogP contribution in [0.2, 0.25) is 5.02 Å². The number of thioether (sulfide) groups is 1. The number of rotatable bonds is 6. The van der Waals surface area contributed by atoms with E-state index in [0.29, 0.717) is 22.3 Å². The first-order valence-electron chi connectivity index (χ1n) is 11.2. The van der Waals surface area contributed by atoms with Gasteiger partial charge in [-0.05, 0) is 50.5 Å². The number of carbonyl (C=O) groups excluding carboxylic acids is 1. The summed E-state index contributed by atoms with van der Waals surface area (Å²) in [4.78, 5) is 19.3. The highest BCUT2D eigenvalue weighted by atomic mass is 35.5. The Kier molecular flexibility index (Phi) is 6.99. The number of nitrogens with zero attached hydrogens (tertiary/aromatic N) is 5. The Morgan fingerprint density at radius 3 is 2.59 bits per heavy atom. The minimum absolute atomic E-state index is 0.0380.